The van der Waals surface area contributed by atoms with Crippen molar-refractivity contribution >= 4 is 46.7 Å². The zero-order valence-electron chi connectivity index (χ0n) is 11.5. The summed E-state index contributed by atoms with van der Waals surface area (Å²) in [6, 6.07) is 0. The molecule has 0 aromatic rings. The zero-order valence-corrected chi connectivity index (χ0v) is 13.8. The van der Waals surface area contributed by atoms with Crippen molar-refractivity contribution in [3.05, 3.63) is 0 Å². The van der Waals surface area contributed by atoms with Gasteiger partial charge < -0.3 is 9.84 Å². The molecule has 3 atom stereocenters. The molecule has 2 rings (SSSR count). The number of halogens is 3. The monoisotopic (exact) mass is 342 g/mol. The van der Waals surface area contributed by atoms with Crippen LogP contribution in [0.5, 0.6) is 0 Å². The molecule has 0 aromatic carbocycles. The molecular formula is C13H17Cl3O4. The molecular weight excluding hydrogens is 326 g/mol. The van der Waals surface area contributed by atoms with Gasteiger partial charge in [-0.05, 0) is 18.3 Å². The summed E-state index contributed by atoms with van der Waals surface area (Å²) in [5.74, 6) is -1.80. The van der Waals surface area contributed by atoms with Gasteiger partial charge in [0.05, 0.1) is 5.41 Å². The van der Waals surface area contributed by atoms with Crippen molar-refractivity contribution in [3.8, 4) is 0 Å². The van der Waals surface area contributed by atoms with Crippen molar-refractivity contribution < 1.29 is 19.4 Å². The van der Waals surface area contributed by atoms with E-state index in [1.54, 1.807) is 0 Å². The highest BCUT2D eigenvalue weighted by Crippen LogP contribution is 2.72. The van der Waals surface area contributed by atoms with E-state index in [9.17, 15) is 14.7 Å². The minimum Gasteiger partial charge on any atom is -0.481 e. The summed E-state index contributed by atoms with van der Waals surface area (Å²) < 4.78 is 3.19. The largest absolute Gasteiger partial charge is 0.481 e. The van der Waals surface area contributed by atoms with Crippen LogP contribution in [0.4, 0.5) is 0 Å². The Morgan fingerprint density at radius 3 is 2.15 bits per heavy atom. The van der Waals surface area contributed by atoms with Gasteiger partial charge in [0.15, 0.2) is 0 Å². The minimum atomic E-state index is -2.14. The molecule has 0 saturated heterocycles. The van der Waals surface area contributed by atoms with E-state index in [1.807, 2.05) is 20.8 Å². The Balaban J connectivity index is 2.33. The second-order valence-corrected chi connectivity index (χ2v) is 8.81. The summed E-state index contributed by atoms with van der Waals surface area (Å²) in [5, 5.41) is 9.63. The van der Waals surface area contributed by atoms with Crippen molar-refractivity contribution in [3.63, 3.8) is 0 Å². The fourth-order valence-electron chi connectivity index (χ4n) is 3.94. The molecule has 2 aliphatic rings. The third-order valence-corrected chi connectivity index (χ3v) is 6.29. The second-order valence-electron chi connectivity index (χ2n) is 6.53. The van der Waals surface area contributed by atoms with Crippen molar-refractivity contribution in [1.82, 2.24) is 0 Å². The molecule has 2 fully saturated rings. The van der Waals surface area contributed by atoms with Gasteiger partial charge in [-0.2, -0.15) is 0 Å². The van der Waals surface area contributed by atoms with Gasteiger partial charge in [-0.3, -0.25) is 4.79 Å². The van der Waals surface area contributed by atoms with E-state index < -0.39 is 38.1 Å². The lowest BCUT2D eigenvalue weighted by atomic mass is 9.65. The van der Waals surface area contributed by atoms with Gasteiger partial charge >= 0.3 is 11.9 Å². The third-order valence-electron chi connectivity index (χ3n) is 5.83. The van der Waals surface area contributed by atoms with Crippen LogP contribution in [0.15, 0.2) is 0 Å². The first-order valence-electron chi connectivity index (χ1n) is 6.40. The molecule has 2 bridgehead atoms. The SMILES string of the molecule is CC1(C)[C@@]2(C(=O)O)CC[C@]1(C)[C@H](OC(=O)C(Cl)(Cl)Cl)C2. The first-order valence-corrected chi connectivity index (χ1v) is 7.53. The van der Waals surface area contributed by atoms with Crippen molar-refractivity contribution in [2.75, 3.05) is 0 Å². The van der Waals surface area contributed by atoms with Crippen LogP contribution in [0.1, 0.15) is 40.0 Å². The molecule has 1 N–H and O–H groups in total. The summed E-state index contributed by atoms with van der Waals surface area (Å²) >= 11 is 16.6. The molecule has 20 heavy (non-hydrogen) atoms. The number of esters is 1. The van der Waals surface area contributed by atoms with Crippen LogP contribution in [0.3, 0.4) is 0 Å². The van der Waals surface area contributed by atoms with Gasteiger partial charge in [0.2, 0.25) is 0 Å². The Labute approximate surface area is 132 Å². The van der Waals surface area contributed by atoms with Crippen LogP contribution in [0.25, 0.3) is 0 Å². The molecule has 0 aliphatic heterocycles. The normalized spacial score (nSPS) is 38.8. The Morgan fingerprint density at radius 2 is 1.75 bits per heavy atom. The van der Waals surface area contributed by atoms with E-state index in [1.165, 1.54) is 0 Å². The molecule has 4 nitrogen and oxygen atoms in total. The van der Waals surface area contributed by atoms with E-state index >= 15 is 0 Å². The maximum absolute atomic E-state index is 11.8. The molecule has 0 unspecified atom stereocenters. The highest BCUT2D eigenvalue weighted by Gasteiger charge is 2.74. The van der Waals surface area contributed by atoms with E-state index in [0.29, 0.717) is 12.8 Å². The van der Waals surface area contributed by atoms with Gasteiger partial charge in [0.25, 0.3) is 3.79 Å². The maximum atomic E-state index is 11.8. The Hall–Kier alpha value is -0.190. The summed E-state index contributed by atoms with van der Waals surface area (Å²) in [6.45, 7) is 5.77. The third kappa shape index (κ3) is 1.87. The molecule has 0 spiro atoms. The van der Waals surface area contributed by atoms with E-state index in [0.717, 1.165) is 0 Å². The number of carbonyl (C=O) groups excluding carboxylic acids is 1. The average Bonchev–Trinajstić information content (AvgIpc) is 2.58. The fraction of sp³-hybridized carbons (Fsp3) is 0.846. The molecule has 114 valence electrons. The minimum absolute atomic E-state index is 0.262. The van der Waals surface area contributed by atoms with Crippen LogP contribution >= 0.6 is 34.8 Å². The lowest BCUT2D eigenvalue weighted by molar-refractivity contribution is -0.158. The molecule has 0 amide bonds. The summed E-state index contributed by atoms with van der Waals surface area (Å²) in [5.41, 5.74) is -1.82. The molecule has 7 heteroatoms. The lowest BCUT2D eigenvalue weighted by Gasteiger charge is -2.39. The van der Waals surface area contributed by atoms with Crippen molar-refractivity contribution in [2.45, 2.75) is 49.9 Å². The number of rotatable bonds is 2. The number of fused-ring (bicyclic) bond motifs is 2. The standard InChI is InChI=1S/C13H17Cl3O4/c1-10(2)11(3)4-5-12(10,8(17)18)6-7(11)20-9(19)13(14,15)16/h7H,4-6H2,1-3H3,(H,17,18)/t7-,11-,12+/m1/s1. The van der Waals surface area contributed by atoms with Crippen molar-refractivity contribution in [2.24, 2.45) is 16.2 Å². The van der Waals surface area contributed by atoms with E-state index in [2.05, 4.69) is 0 Å². The van der Waals surface area contributed by atoms with Crippen LogP contribution in [-0.2, 0) is 14.3 Å². The smallest absolute Gasteiger partial charge is 0.358 e. The molecule has 0 heterocycles. The van der Waals surface area contributed by atoms with Gasteiger partial charge in [0.1, 0.15) is 6.10 Å². The summed E-state index contributed by atoms with van der Waals surface area (Å²) in [6.07, 6.45) is 0.960. The number of carboxylic acid groups (broad SMARTS) is 1. The number of alkyl halides is 3. The van der Waals surface area contributed by atoms with Gasteiger partial charge in [-0.1, -0.05) is 55.6 Å². The second kappa shape index (κ2) is 4.40. The first-order chi connectivity index (χ1) is 8.88. The Kier molecular flexibility index (Phi) is 3.56. The number of carboxylic acids is 1. The summed E-state index contributed by atoms with van der Waals surface area (Å²) in [7, 11) is 0. The van der Waals surface area contributed by atoms with Crippen LogP contribution in [0, 0.1) is 16.2 Å². The van der Waals surface area contributed by atoms with E-state index in [4.69, 9.17) is 39.5 Å². The van der Waals surface area contributed by atoms with Gasteiger partial charge in [-0.25, -0.2) is 4.79 Å². The van der Waals surface area contributed by atoms with Gasteiger partial charge in [0, 0.05) is 11.8 Å². The lowest BCUT2D eigenvalue weighted by Crippen LogP contribution is -2.41. The molecule has 2 aliphatic carbocycles. The number of hydrogen-bond donors (Lipinski definition) is 1. The van der Waals surface area contributed by atoms with Crippen LogP contribution < -0.4 is 0 Å². The predicted molar refractivity (Wildman–Crippen MR) is 76.0 cm³/mol. The highest BCUT2D eigenvalue weighted by atomic mass is 35.6. The number of ether oxygens (including phenoxy) is 1. The Bertz CT molecular complexity index is 471. The predicted octanol–water partition coefficient (Wildman–Crippen LogP) is 3.57. The molecule has 0 radical (unpaired) electrons. The number of carbonyl (C=O) groups is 2. The number of aliphatic carboxylic acids is 1. The highest BCUT2D eigenvalue weighted by molar-refractivity contribution is 6.75. The van der Waals surface area contributed by atoms with Gasteiger partial charge in [-0.15, -0.1) is 0 Å². The topological polar surface area (TPSA) is 63.6 Å². The van der Waals surface area contributed by atoms with Crippen LogP contribution in [-0.4, -0.2) is 26.9 Å². The maximum Gasteiger partial charge on any atom is 0.358 e. The first kappa shape index (κ1) is 16.2. The number of hydrogen-bond acceptors (Lipinski definition) is 3. The quantitative estimate of drug-likeness (QED) is 0.615. The fourth-order valence-corrected chi connectivity index (χ4v) is 4.07. The molecule has 0 aromatic heterocycles. The summed E-state index contributed by atoms with van der Waals surface area (Å²) in [4.78, 5) is 23.5. The van der Waals surface area contributed by atoms with Crippen molar-refractivity contribution in [1.29, 1.82) is 0 Å². The van der Waals surface area contributed by atoms with E-state index in [-0.39, 0.29) is 6.42 Å². The average molecular weight is 344 g/mol. The van der Waals surface area contributed by atoms with Crippen LogP contribution in [0.2, 0.25) is 0 Å². The Morgan fingerprint density at radius 1 is 1.20 bits per heavy atom. The molecule has 2 saturated carbocycles. The zero-order chi connectivity index (χ0) is 15.6.